The van der Waals surface area contributed by atoms with Crippen LogP contribution >= 0.6 is 0 Å². The van der Waals surface area contributed by atoms with Crippen LogP contribution in [0, 0.1) is 55.2 Å². The number of rotatable bonds is 4. The van der Waals surface area contributed by atoms with Crippen molar-refractivity contribution in [3.8, 4) is 0 Å². The summed E-state index contributed by atoms with van der Waals surface area (Å²) < 4.78 is 4.12. The van der Waals surface area contributed by atoms with Gasteiger partial charge in [0.2, 0.25) is 0 Å². The Morgan fingerprint density at radius 1 is 0.745 bits per heavy atom. The molecule has 0 aromatic heterocycles. The van der Waals surface area contributed by atoms with E-state index in [0.29, 0.717) is 15.5 Å². The monoisotopic (exact) mass is 798 g/mol. The Balaban J connectivity index is 0.00000252. The molecule has 272 valence electrons. The fraction of sp³-hybridized carbons (Fsp3) is 0.521. The standard InChI is InChI=1S/C29H37.C11H17.C8H8.2ClH.Zr/c1-21-14-13-15-22-20-27(6)25(4)18-10-9-16-23(25,2)24(3)17-11-12-19-26(24,5)29(27,8)28(21,22)7;1-5-9-6-7-10(8-9)11(2,3)4;1-2-8-6-4-3-5-7-8;;;/h9-20,22H,1-8H3;7-9H,5H2,1-4H3;3-7H,1H3;2*1H;/q;;;;;+2/p-2. The van der Waals surface area contributed by atoms with Gasteiger partial charge in [-0.1, -0.05) is 0 Å². The Hall–Kier alpha value is -1.53. The van der Waals surface area contributed by atoms with Crippen LogP contribution in [0.1, 0.15) is 102 Å². The van der Waals surface area contributed by atoms with Gasteiger partial charge in [0.25, 0.3) is 0 Å². The van der Waals surface area contributed by atoms with Crippen molar-refractivity contribution in [3.05, 3.63) is 129 Å². The summed E-state index contributed by atoms with van der Waals surface area (Å²) in [6.07, 6.45) is 34.5. The summed E-state index contributed by atoms with van der Waals surface area (Å²) in [4.78, 5) is 0. The van der Waals surface area contributed by atoms with Crippen molar-refractivity contribution in [3.63, 3.8) is 0 Å². The van der Waals surface area contributed by atoms with Crippen LogP contribution in [0.25, 0.3) is 0 Å². The maximum absolute atomic E-state index is 2.83. The van der Waals surface area contributed by atoms with Gasteiger partial charge in [-0.3, -0.25) is 0 Å². The Kier molecular flexibility index (Phi) is 10.2. The van der Waals surface area contributed by atoms with Gasteiger partial charge in [-0.2, -0.15) is 0 Å². The van der Waals surface area contributed by atoms with Crippen LogP contribution in [0.5, 0.6) is 0 Å². The smallest absolute Gasteiger partial charge is 1.00 e. The third-order valence-corrected chi connectivity index (χ3v) is 26.5. The molecule has 2 saturated carbocycles. The van der Waals surface area contributed by atoms with Gasteiger partial charge in [0.15, 0.2) is 0 Å². The van der Waals surface area contributed by atoms with Crippen LogP contribution in [0.3, 0.4) is 0 Å². The molecule has 0 amide bonds. The molecule has 7 rings (SSSR count). The second-order valence-electron chi connectivity index (χ2n) is 18.9. The molecular weight excluding hydrogens is 739 g/mol. The second-order valence-corrected chi connectivity index (χ2v) is 25.7. The summed E-state index contributed by atoms with van der Waals surface area (Å²) in [5.74, 6) is 0.979. The normalized spacial score (nSPS) is 43.0. The van der Waals surface area contributed by atoms with Gasteiger partial charge in [0.05, 0.1) is 0 Å². The average molecular weight is 801 g/mol. The molecule has 0 saturated heterocycles. The molecule has 0 nitrogen and oxygen atoms in total. The molecule has 0 aliphatic heterocycles. The Morgan fingerprint density at radius 2 is 1.27 bits per heavy atom. The van der Waals surface area contributed by atoms with E-state index in [1.165, 1.54) is 12.0 Å². The largest absolute Gasteiger partial charge is 1.00 e. The third kappa shape index (κ3) is 4.56. The molecule has 3 heteroatoms. The minimum atomic E-state index is -2.83. The molecule has 0 N–H and O–H groups in total. The molecular formula is C48H62Cl2Zr. The third-order valence-electron chi connectivity index (χ3n) is 17.1. The van der Waals surface area contributed by atoms with E-state index in [4.69, 9.17) is 0 Å². The predicted octanol–water partition coefficient (Wildman–Crippen LogP) is 6.99. The maximum Gasteiger partial charge on any atom is -1.00 e. The Morgan fingerprint density at radius 3 is 1.82 bits per heavy atom. The number of benzene rings is 1. The van der Waals surface area contributed by atoms with E-state index < -0.39 is 21.3 Å². The van der Waals surface area contributed by atoms with Crippen molar-refractivity contribution in [1.82, 2.24) is 0 Å². The van der Waals surface area contributed by atoms with Crippen LogP contribution in [0.4, 0.5) is 0 Å². The first-order valence-corrected chi connectivity index (χ1v) is 23.0. The molecule has 0 heterocycles. The van der Waals surface area contributed by atoms with Crippen molar-refractivity contribution in [2.75, 3.05) is 0 Å². The number of hydrogen-bond acceptors (Lipinski definition) is 0. The van der Waals surface area contributed by atoms with E-state index in [9.17, 15) is 0 Å². The Labute approximate surface area is 331 Å². The molecule has 1 aromatic rings. The number of halogens is 2. The van der Waals surface area contributed by atoms with Gasteiger partial charge in [-0.15, -0.1) is 0 Å². The summed E-state index contributed by atoms with van der Waals surface area (Å²) in [6.45, 7) is 33.7. The zero-order valence-electron chi connectivity index (χ0n) is 33.6. The molecule has 10 atom stereocenters. The van der Waals surface area contributed by atoms with Crippen molar-refractivity contribution in [2.24, 2.45) is 55.2 Å². The van der Waals surface area contributed by atoms with Crippen LogP contribution in [-0.2, 0) is 21.3 Å². The number of fused-ring (bicyclic) bond motifs is 8. The molecule has 6 aliphatic rings. The first-order chi connectivity index (χ1) is 22.9. The van der Waals surface area contributed by atoms with Crippen molar-refractivity contribution < 1.29 is 46.1 Å². The minimum Gasteiger partial charge on any atom is -1.00 e. The van der Waals surface area contributed by atoms with E-state index in [1.807, 2.05) is 3.28 Å². The van der Waals surface area contributed by atoms with E-state index in [-0.39, 0.29) is 68.1 Å². The zero-order chi connectivity index (χ0) is 35.6. The fourth-order valence-electron chi connectivity index (χ4n) is 13.4. The zero-order valence-corrected chi connectivity index (χ0v) is 37.6. The first kappa shape index (κ1) is 40.7. The van der Waals surface area contributed by atoms with Gasteiger partial charge >= 0.3 is 309 Å². The van der Waals surface area contributed by atoms with E-state index in [1.54, 1.807) is 14.4 Å². The molecule has 6 aliphatic carbocycles. The van der Waals surface area contributed by atoms with E-state index in [2.05, 4.69) is 199 Å². The molecule has 2 fully saturated rings. The van der Waals surface area contributed by atoms with Crippen LogP contribution in [0.15, 0.2) is 124 Å². The number of hydrogen-bond donors (Lipinski definition) is 0. The topological polar surface area (TPSA) is 0 Å². The van der Waals surface area contributed by atoms with Gasteiger partial charge in [0.1, 0.15) is 0 Å². The minimum absolute atomic E-state index is 0. The van der Waals surface area contributed by atoms with Gasteiger partial charge in [0, 0.05) is 0 Å². The van der Waals surface area contributed by atoms with Gasteiger partial charge < -0.3 is 24.8 Å². The molecule has 0 spiro atoms. The van der Waals surface area contributed by atoms with Crippen molar-refractivity contribution in [1.29, 1.82) is 0 Å². The number of allylic oxidation sites excluding steroid dienone is 16. The van der Waals surface area contributed by atoms with Crippen molar-refractivity contribution >= 4 is 3.21 Å². The van der Waals surface area contributed by atoms with Crippen molar-refractivity contribution in [2.45, 2.75) is 100 Å². The van der Waals surface area contributed by atoms with Crippen LogP contribution < -0.4 is 24.8 Å². The molecule has 0 bridgehead atoms. The SMILES string of the molecule is CCC1C=C(C(C)(C)C)C=[C]1/[Zr+2](=[C](\C)c1ccccc1)[CH]1C2C=CC=C(C)C2(C)C2(C)C3(C)C=CC=CC3(C)C3(C)C=CC=CC3(C)C12C.[Cl-].[Cl-]. The fourth-order valence-corrected chi connectivity index (χ4v) is 25.0. The average Bonchev–Trinajstić information content (AvgIpc) is 3.57. The predicted molar refractivity (Wildman–Crippen MR) is 209 cm³/mol. The summed E-state index contributed by atoms with van der Waals surface area (Å²) in [6, 6.07) is 11.6. The maximum atomic E-state index is 2.83. The first-order valence-electron chi connectivity index (χ1n) is 19.2. The quantitative estimate of drug-likeness (QED) is 0.308. The van der Waals surface area contributed by atoms with Gasteiger partial charge in [-0.25, -0.2) is 0 Å². The van der Waals surface area contributed by atoms with E-state index >= 15 is 0 Å². The molecule has 51 heavy (non-hydrogen) atoms. The Bertz CT molecular complexity index is 1880. The summed E-state index contributed by atoms with van der Waals surface area (Å²) in [5, 5.41) is 0. The summed E-state index contributed by atoms with van der Waals surface area (Å²) >= 11 is -2.83. The van der Waals surface area contributed by atoms with E-state index in [0.717, 1.165) is 0 Å². The summed E-state index contributed by atoms with van der Waals surface area (Å²) in [5.41, 5.74) is 4.29. The van der Waals surface area contributed by atoms with Crippen LogP contribution in [-0.4, -0.2) is 3.21 Å². The molecule has 0 radical (unpaired) electrons. The van der Waals surface area contributed by atoms with Crippen LogP contribution in [0.2, 0.25) is 3.63 Å². The second kappa shape index (κ2) is 12.8. The molecule has 1 aromatic carbocycles. The molecule has 10 unspecified atom stereocenters. The summed E-state index contributed by atoms with van der Waals surface area (Å²) in [7, 11) is 0. The van der Waals surface area contributed by atoms with Gasteiger partial charge in [-0.05, 0) is 0 Å².